The second kappa shape index (κ2) is 5.66. The molecule has 0 N–H and O–H groups in total. The molecule has 0 aliphatic carbocycles. The van der Waals surface area contributed by atoms with E-state index >= 15 is 0 Å². The third-order valence-corrected chi connectivity index (χ3v) is 7.67. The van der Waals surface area contributed by atoms with Gasteiger partial charge >= 0.3 is 0 Å². The van der Waals surface area contributed by atoms with Crippen LogP contribution in [0.1, 0.15) is 0 Å². The van der Waals surface area contributed by atoms with Crippen molar-refractivity contribution in [3.63, 3.8) is 0 Å². The van der Waals surface area contributed by atoms with E-state index in [0.717, 1.165) is 0 Å². The molecule has 0 radical (unpaired) electrons. The van der Waals surface area contributed by atoms with E-state index in [9.17, 15) is 0 Å². The lowest BCUT2D eigenvalue weighted by Gasteiger charge is -2.22. The minimum atomic E-state index is -0.306. The summed E-state index contributed by atoms with van der Waals surface area (Å²) < 4.78 is 0. The summed E-state index contributed by atoms with van der Waals surface area (Å²) in [5, 5.41) is 2.76. The van der Waals surface area contributed by atoms with E-state index in [1.165, 1.54) is 10.6 Å². The van der Waals surface area contributed by atoms with Crippen molar-refractivity contribution < 1.29 is 0 Å². The lowest BCUT2D eigenvalue weighted by molar-refractivity contribution is 1.76. The van der Waals surface area contributed by atoms with Gasteiger partial charge in [0.15, 0.2) is 0 Å². The van der Waals surface area contributed by atoms with Crippen LogP contribution < -0.4 is 10.6 Å². The fourth-order valence-corrected chi connectivity index (χ4v) is 6.28. The Kier molecular flexibility index (Phi) is 4.20. The lowest BCUT2D eigenvalue weighted by atomic mass is 10.4. The number of rotatable bonds is 3. The standard InChI is InChI=1S/C12H11P2S/c15-13-14(11-7-3-1-4-8-11)12-9-5-2-6-10-12/h1-10,13H/q-1. The normalized spacial score (nSPS) is 11.3. The average molecular weight is 249 g/mol. The smallest absolute Gasteiger partial charge is 0.0173 e. The molecule has 0 saturated carbocycles. The number of benzene rings is 2. The van der Waals surface area contributed by atoms with E-state index in [1.807, 2.05) is 0 Å². The summed E-state index contributed by atoms with van der Waals surface area (Å²) in [6, 6.07) is 21.2. The third kappa shape index (κ3) is 2.82. The van der Waals surface area contributed by atoms with Crippen molar-refractivity contribution in [1.82, 2.24) is 0 Å². The molecule has 0 saturated heterocycles. The topological polar surface area (TPSA) is 0 Å². The van der Waals surface area contributed by atoms with Crippen molar-refractivity contribution in [2.24, 2.45) is 0 Å². The van der Waals surface area contributed by atoms with Crippen LogP contribution in [0.5, 0.6) is 0 Å². The first kappa shape index (κ1) is 11.1. The maximum absolute atomic E-state index is 5.29. The van der Waals surface area contributed by atoms with Crippen LogP contribution >= 0.6 is 15.1 Å². The van der Waals surface area contributed by atoms with Gasteiger partial charge in [-0.1, -0.05) is 60.7 Å². The monoisotopic (exact) mass is 249 g/mol. The summed E-state index contributed by atoms with van der Waals surface area (Å²) in [5.41, 5.74) is 0. The van der Waals surface area contributed by atoms with Gasteiger partial charge in [-0.15, -0.1) is 0 Å². The largest absolute Gasteiger partial charge is 0.757 e. The number of hydrogen-bond acceptors (Lipinski definition) is 1. The molecule has 3 heteroatoms. The summed E-state index contributed by atoms with van der Waals surface area (Å²) in [5.74, 6) is 0. The van der Waals surface area contributed by atoms with Crippen LogP contribution in [0.4, 0.5) is 0 Å². The van der Waals surface area contributed by atoms with Crippen LogP contribution in [0.2, 0.25) is 0 Å². The first-order valence-corrected chi connectivity index (χ1v) is 9.01. The van der Waals surface area contributed by atoms with E-state index in [-0.39, 0.29) is 7.61 Å². The van der Waals surface area contributed by atoms with E-state index in [1.54, 1.807) is 0 Å². The molecule has 1 unspecified atom stereocenters. The Morgan fingerprint density at radius 1 is 0.733 bits per heavy atom. The van der Waals surface area contributed by atoms with Crippen LogP contribution in [0.15, 0.2) is 60.7 Å². The van der Waals surface area contributed by atoms with Gasteiger partial charge in [0.05, 0.1) is 0 Å². The van der Waals surface area contributed by atoms with Gasteiger partial charge in [-0.3, -0.25) is 0 Å². The van der Waals surface area contributed by atoms with E-state index < -0.39 is 0 Å². The lowest BCUT2D eigenvalue weighted by Crippen LogP contribution is -2.07. The van der Waals surface area contributed by atoms with Crippen LogP contribution in [0, 0.1) is 0 Å². The van der Waals surface area contributed by atoms with Crippen molar-refractivity contribution in [2.75, 3.05) is 0 Å². The quantitative estimate of drug-likeness (QED) is 0.594. The summed E-state index contributed by atoms with van der Waals surface area (Å²) in [4.78, 5) is 0. The van der Waals surface area contributed by atoms with Crippen LogP contribution in [0.3, 0.4) is 0 Å². The van der Waals surface area contributed by atoms with E-state index in [4.69, 9.17) is 12.2 Å². The molecule has 0 aliphatic heterocycles. The van der Waals surface area contributed by atoms with Gasteiger partial charge in [-0.05, 0) is 18.2 Å². The van der Waals surface area contributed by atoms with Gasteiger partial charge in [0.2, 0.25) is 0 Å². The first-order valence-electron chi connectivity index (χ1n) is 4.70. The van der Waals surface area contributed by atoms with Crippen LogP contribution in [-0.4, -0.2) is 0 Å². The minimum Gasteiger partial charge on any atom is -0.757 e. The molecule has 2 rings (SSSR count). The highest BCUT2D eigenvalue weighted by Gasteiger charge is 2.06. The second-order valence-corrected chi connectivity index (χ2v) is 8.52. The zero-order chi connectivity index (χ0) is 10.5. The molecule has 0 aliphatic rings. The molecule has 0 nitrogen and oxygen atoms in total. The molecular weight excluding hydrogens is 238 g/mol. The van der Waals surface area contributed by atoms with Crippen molar-refractivity contribution in [3.05, 3.63) is 60.7 Å². The summed E-state index contributed by atoms with van der Waals surface area (Å²) in [7, 11) is 0.246. The Bertz CT molecular complexity index is 363. The highest BCUT2D eigenvalue weighted by molar-refractivity contribution is 8.58. The predicted molar refractivity (Wildman–Crippen MR) is 74.8 cm³/mol. The predicted octanol–water partition coefficient (Wildman–Crippen LogP) is 3.17. The van der Waals surface area contributed by atoms with Gasteiger partial charge in [0.1, 0.15) is 0 Å². The Labute approximate surface area is 98.7 Å². The van der Waals surface area contributed by atoms with Crippen molar-refractivity contribution in [3.8, 4) is 0 Å². The fraction of sp³-hybridized carbons (Fsp3) is 0. The summed E-state index contributed by atoms with van der Waals surface area (Å²) >= 11 is 5.29. The van der Waals surface area contributed by atoms with Crippen molar-refractivity contribution >= 4 is 37.9 Å². The molecule has 0 spiro atoms. The second-order valence-electron chi connectivity index (χ2n) is 3.10. The number of hydrogen-bond donors (Lipinski definition) is 0. The highest BCUT2D eigenvalue weighted by Crippen LogP contribution is 2.51. The SMILES string of the molecule is [S-]PP(c1ccccc1)c1ccccc1. The molecular formula is C12H11P2S-. The molecule has 0 bridgehead atoms. The van der Waals surface area contributed by atoms with Crippen molar-refractivity contribution in [2.45, 2.75) is 0 Å². The zero-order valence-corrected chi connectivity index (χ0v) is 10.8. The van der Waals surface area contributed by atoms with Gasteiger partial charge < -0.3 is 12.2 Å². The van der Waals surface area contributed by atoms with E-state index in [2.05, 4.69) is 60.7 Å². The maximum atomic E-state index is 5.29. The summed E-state index contributed by atoms with van der Waals surface area (Å²) in [6.45, 7) is 0. The van der Waals surface area contributed by atoms with Crippen molar-refractivity contribution in [1.29, 1.82) is 0 Å². The van der Waals surface area contributed by atoms with Crippen LogP contribution in [0.25, 0.3) is 0 Å². The molecule has 15 heavy (non-hydrogen) atoms. The molecule has 0 fully saturated rings. The molecule has 0 aromatic heterocycles. The Morgan fingerprint density at radius 2 is 1.13 bits per heavy atom. The molecule has 0 amide bonds. The maximum Gasteiger partial charge on any atom is -0.0173 e. The van der Waals surface area contributed by atoms with Crippen LogP contribution in [-0.2, 0) is 12.2 Å². The average Bonchev–Trinajstić information content (AvgIpc) is 2.33. The summed E-state index contributed by atoms with van der Waals surface area (Å²) in [6.07, 6.45) is 0. The molecule has 2 aromatic carbocycles. The Hall–Kier alpha value is -0.350. The molecule has 76 valence electrons. The first-order chi connectivity index (χ1) is 7.42. The third-order valence-electron chi connectivity index (χ3n) is 2.12. The molecule has 2 aromatic rings. The minimum absolute atomic E-state index is 0.306. The zero-order valence-electron chi connectivity index (χ0n) is 8.13. The van der Waals surface area contributed by atoms with Gasteiger partial charge in [0, 0.05) is 0 Å². The highest BCUT2D eigenvalue weighted by atomic mass is 32.8. The van der Waals surface area contributed by atoms with Gasteiger partial charge in [-0.2, -0.15) is 0 Å². The van der Waals surface area contributed by atoms with Gasteiger partial charge in [-0.25, -0.2) is 7.47 Å². The fourth-order valence-electron chi connectivity index (χ4n) is 1.41. The Morgan fingerprint density at radius 3 is 1.47 bits per heavy atom. The molecule has 1 atom stereocenters. The van der Waals surface area contributed by atoms with Gasteiger partial charge in [0.25, 0.3) is 0 Å². The van der Waals surface area contributed by atoms with E-state index in [0.29, 0.717) is 7.47 Å². The Balaban J connectivity index is 2.34. The molecule has 0 heterocycles.